The number of hydrazone groups is 1. The number of aromatic nitrogens is 1. The molecule has 0 spiro atoms. The molecule has 1 aromatic rings. The van der Waals surface area contributed by atoms with Crippen LogP contribution in [0, 0.1) is 12.3 Å². The van der Waals surface area contributed by atoms with Gasteiger partial charge in [-0.2, -0.15) is 5.10 Å². The Kier molecular flexibility index (Phi) is 3.50. The van der Waals surface area contributed by atoms with Gasteiger partial charge in [-0.15, -0.1) is 0 Å². The fourth-order valence-electron chi connectivity index (χ4n) is 3.57. The first kappa shape index (κ1) is 13.6. The van der Waals surface area contributed by atoms with Gasteiger partial charge in [0.25, 0.3) is 0 Å². The monoisotopic (exact) mass is 272 g/mol. The summed E-state index contributed by atoms with van der Waals surface area (Å²) in [7, 11) is 2.25. The van der Waals surface area contributed by atoms with Gasteiger partial charge < -0.3 is 4.90 Å². The molecule has 1 aliphatic heterocycles. The van der Waals surface area contributed by atoms with Gasteiger partial charge in [0.05, 0.1) is 0 Å². The van der Waals surface area contributed by atoms with Crippen molar-refractivity contribution >= 4 is 11.5 Å². The van der Waals surface area contributed by atoms with Gasteiger partial charge in [-0.05, 0) is 56.8 Å². The molecule has 1 saturated carbocycles. The standard InChI is InChI=1S/C16H24N4/c1-12-5-4-9-17-15(12)19-18-13-6-7-16(2)8-10-20(3)14(16)11-13/h4-5,9,14H,6-8,10-11H2,1-3H3,(H,17,19)/b18-13-. The summed E-state index contributed by atoms with van der Waals surface area (Å²) >= 11 is 0. The quantitative estimate of drug-likeness (QED) is 0.841. The van der Waals surface area contributed by atoms with Gasteiger partial charge in [0.2, 0.25) is 0 Å². The van der Waals surface area contributed by atoms with Gasteiger partial charge >= 0.3 is 0 Å². The van der Waals surface area contributed by atoms with E-state index in [9.17, 15) is 0 Å². The highest BCUT2D eigenvalue weighted by Gasteiger charge is 2.45. The Morgan fingerprint density at radius 2 is 2.30 bits per heavy atom. The van der Waals surface area contributed by atoms with Gasteiger partial charge in [-0.1, -0.05) is 13.0 Å². The molecule has 1 aromatic heterocycles. The van der Waals surface area contributed by atoms with Gasteiger partial charge in [0.15, 0.2) is 0 Å². The summed E-state index contributed by atoms with van der Waals surface area (Å²) < 4.78 is 0. The molecule has 2 unspecified atom stereocenters. The highest BCUT2D eigenvalue weighted by molar-refractivity contribution is 5.86. The van der Waals surface area contributed by atoms with Crippen LogP contribution in [0.1, 0.15) is 38.2 Å². The van der Waals surface area contributed by atoms with E-state index in [1.54, 1.807) is 6.20 Å². The first-order chi connectivity index (χ1) is 9.58. The number of fused-ring (bicyclic) bond motifs is 1. The van der Waals surface area contributed by atoms with Crippen molar-refractivity contribution in [3.05, 3.63) is 23.9 Å². The van der Waals surface area contributed by atoms with Crippen LogP contribution in [0.15, 0.2) is 23.4 Å². The van der Waals surface area contributed by atoms with Gasteiger partial charge in [-0.25, -0.2) is 4.98 Å². The van der Waals surface area contributed by atoms with Crippen LogP contribution in [0.3, 0.4) is 0 Å². The Bertz CT molecular complexity index is 525. The summed E-state index contributed by atoms with van der Waals surface area (Å²) in [5.74, 6) is 0.869. The number of nitrogens with one attached hydrogen (secondary N) is 1. The zero-order valence-corrected chi connectivity index (χ0v) is 12.7. The predicted octanol–water partition coefficient (Wildman–Crippen LogP) is 3.05. The molecule has 0 amide bonds. The zero-order chi connectivity index (χ0) is 14.2. The molecule has 0 bridgehead atoms. The molecule has 108 valence electrons. The first-order valence-electron chi connectivity index (χ1n) is 7.52. The maximum absolute atomic E-state index is 4.62. The van der Waals surface area contributed by atoms with E-state index in [0.29, 0.717) is 11.5 Å². The highest BCUT2D eigenvalue weighted by Crippen LogP contribution is 2.45. The molecule has 4 nitrogen and oxygen atoms in total. The summed E-state index contributed by atoms with van der Waals surface area (Å²) in [5, 5.41) is 4.62. The summed E-state index contributed by atoms with van der Waals surface area (Å²) in [4.78, 5) is 6.83. The lowest BCUT2D eigenvalue weighted by molar-refractivity contribution is 0.176. The van der Waals surface area contributed by atoms with Gasteiger partial charge in [0, 0.05) is 24.4 Å². The maximum atomic E-state index is 4.62. The highest BCUT2D eigenvalue weighted by atomic mass is 15.3. The fraction of sp³-hybridized carbons (Fsp3) is 0.625. The fourth-order valence-corrected chi connectivity index (χ4v) is 3.57. The van der Waals surface area contributed by atoms with E-state index in [4.69, 9.17) is 0 Å². The Hall–Kier alpha value is -1.42. The van der Waals surface area contributed by atoms with E-state index in [0.717, 1.165) is 24.2 Å². The van der Waals surface area contributed by atoms with E-state index < -0.39 is 0 Å². The number of hydrogen-bond acceptors (Lipinski definition) is 4. The van der Waals surface area contributed by atoms with Crippen molar-refractivity contribution in [3.63, 3.8) is 0 Å². The molecule has 0 aromatic carbocycles. The van der Waals surface area contributed by atoms with Crippen LogP contribution in [-0.2, 0) is 0 Å². The number of pyridine rings is 1. The third-order valence-electron chi connectivity index (χ3n) is 5.12. The van der Waals surface area contributed by atoms with Gasteiger partial charge in [-0.3, -0.25) is 5.43 Å². The molecule has 2 aliphatic rings. The first-order valence-corrected chi connectivity index (χ1v) is 7.52. The third kappa shape index (κ3) is 2.44. The Morgan fingerprint density at radius 3 is 3.10 bits per heavy atom. The number of likely N-dealkylation sites (tertiary alicyclic amines) is 1. The van der Waals surface area contributed by atoms with E-state index >= 15 is 0 Å². The molecule has 2 atom stereocenters. The lowest BCUT2D eigenvalue weighted by Gasteiger charge is -2.38. The molecule has 20 heavy (non-hydrogen) atoms. The number of anilines is 1. The van der Waals surface area contributed by atoms with Crippen molar-refractivity contribution in [2.45, 2.75) is 45.6 Å². The van der Waals surface area contributed by atoms with E-state index in [2.05, 4.69) is 47.4 Å². The number of nitrogens with zero attached hydrogens (tertiary/aromatic N) is 3. The molecule has 1 N–H and O–H groups in total. The van der Waals surface area contributed by atoms with Crippen LogP contribution in [0.5, 0.6) is 0 Å². The van der Waals surface area contributed by atoms with Gasteiger partial charge in [0.1, 0.15) is 5.82 Å². The minimum atomic E-state index is 0.495. The van der Waals surface area contributed by atoms with E-state index in [1.165, 1.54) is 25.1 Å². The van der Waals surface area contributed by atoms with Crippen LogP contribution < -0.4 is 5.43 Å². The van der Waals surface area contributed by atoms with Crippen molar-refractivity contribution in [1.29, 1.82) is 0 Å². The van der Waals surface area contributed by atoms with Crippen molar-refractivity contribution < 1.29 is 0 Å². The van der Waals surface area contributed by atoms with Crippen molar-refractivity contribution in [3.8, 4) is 0 Å². The van der Waals surface area contributed by atoms with Crippen molar-refractivity contribution in [1.82, 2.24) is 9.88 Å². The molecule has 3 rings (SSSR count). The Labute approximate surface area is 121 Å². The van der Waals surface area contributed by atoms with Crippen molar-refractivity contribution in [2.24, 2.45) is 10.5 Å². The maximum Gasteiger partial charge on any atom is 0.149 e. The van der Waals surface area contributed by atoms with Crippen LogP contribution in [0.25, 0.3) is 0 Å². The second-order valence-corrected chi connectivity index (χ2v) is 6.56. The molecule has 0 radical (unpaired) electrons. The van der Waals surface area contributed by atoms with E-state index in [1.807, 2.05) is 6.07 Å². The third-order valence-corrected chi connectivity index (χ3v) is 5.12. The Balaban J connectivity index is 1.70. The zero-order valence-electron chi connectivity index (χ0n) is 12.7. The number of rotatable bonds is 2. The molecular formula is C16H24N4. The summed E-state index contributed by atoms with van der Waals surface area (Å²) in [6, 6.07) is 4.66. The molecule has 4 heteroatoms. The number of aryl methyl sites for hydroxylation is 1. The second kappa shape index (κ2) is 5.17. The van der Waals surface area contributed by atoms with Crippen LogP contribution >= 0.6 is 0 Å². The van der Waals surface area contributed by atoms with Crippen LogP contribution in [0.2, 0.25) is 0 Å². The lowest BCUT2D eigenvalue weighted by Crippen LogP contribution is -2.41. The van der Waals surface area contributed by atoms with E-state index in [-0.39, 0.29) is 0 Å². The smallest absolute Gasteiger partial charge is 0.149 e. The topological polar surface area (TPSA) is 40.5 Å². The predicted molar refractivity (Wildman–Crippen MR) is 83.0 cm³/mol. The van der Waals surface area contributed by atoms with Crippen molar-refractivity contribution in [2.75, 3.05) is 19.0 Å². The molecular weight excluding hydrogens is 248 g/mol. The minimum absolute atomic E-state index is 0.495. The average molecular weight is 272 g/mol. The van der Waals surface area contributed by atoms with Crippen LogP contribution in [-0.4, -0.2) is 35.2 Å². The normalized spacial score (nSPS) is 32.4. The molecule has 1 saturated heterocycles. The lowest BCUT2D eigenvalue weighted by atomic mass is 9.71. The average Bonchev–Trinajstić information content (AvgIpc) is 2.74. The molecule has 2 heterocycles. The minimum Gasteiger partial charge on any atom is -0.302 e. The molecule has 2 fully saturated rings. The largest absolute Gasteiger partial charge is 0.302 e. The SMILES string of the molecule is Cc1cccnc1N/N=C1/CCC2(C)CCN(C)C2C1. The number of hydrogen-bond donors (Lipinski definition) is 1. The molecule has 1 aliphatic carbocycles. The Morgan fingerprint density at radius 1 is 1.45 bits per heavy atom. The van der Waals surface area contributed by atoms with Crippen LogP contribution in [0.4, 0.5) is 5.82 Å². The summed E-state index contributed by atoms with van der Waals surface area (Å²) in [6.07, 6.45) is 6.59. The summed E-state index contributed by atoms with van der Waals surface area (Å²) in [5.41, 5.74) is 6.06. The summed E-state index contributed by atoms with van der Waals surface area (Å²) in [6.45, 7) is 5.72. The second-order valence-electron chi connectivity index (χ2n) is 6.56.